The van der Waals surface area contributed by atoms with Crippen molar-refractivity contribution in [3.63, 3.8) is 0 Å². The lowest BCUT2D eigenvalue weighted by molar-refractivity contribution is -0.133. The molecule has 0 aliphatic heterocycles. The van der Waals surface area contributed by atoms with Gasteiger partial charge in [-0.05, 0) is 73.4 Å². The number of nitrogens with zero attached hydrogens (tertiary/aromatic N) is 3. The van der Waals surface area contributed by atoms with Gasteiger partial charge in [0.25, 0.3) is 5.91 Å². The number of benzene rings is 3. The molecule has 1 atom stereocenters. The van der Waals surface area contributed by atoms with E-state index in [0.29, 0.717) is 30.8 Å². The molecule has 7 heteroatoms. The lowest BCUT2D eigenvalue weighted by Crippen LogP contribution is -2.46. The highest BCUT2D eigenvalue weighted by Gasteiger charge is 2.26. The van der Waals surface area contributed by atoms with Crippen molar-refractivity contribution in [3.8, 4) is 5.75 Å². The van der Waals surface area contributed by atoms with E-state index in [1.807, 2.05) is 51.2 Å². The van der Waals surface area contributed by atoms with Gasteiger partial charge in [0, 0.05) is 61.6 Å². The van der Waals surface area contributed by atoms with Crippen LogP contribution in [-0.2, 0) is 17.8 Å². The number of carbonyl (C=O) groups excluding carboxylic acids is 2. The smallest absolute Gasteiger partial charge is 0.254 e. The van der Waals surface area contributed by atoms with Crippen LogP contribution >= 0.6 is 0 Å². The Bertz CT molecular complexity index is 1410. The second-order valence-electron chi connectivity index (χ2n) is 10.4. The second kappa shape index (κ2) is 13.2. The molecule has 0 aliphatic carbocycles. The van der Waals surface area contributed by atoms with Gasteiger partial charge in [-0.2, -0.15) is 0 Å². The van der Waals surface area contributed by atoms with Gasteiger partial charge in [-0.25, -0.2) is 0 Å². The summed E-state index contributed by atoms with van der Waals surface area (Å²) in [4.78, 5) is 36.4. The minimum absolute atomic E-state index is 0.0174. The first kappa shape index (κ1) is 28.7. The first-order valence-corrected chi connectivity index (χ1v) is 13.8. The number of aromatic nitrogens is 1. The molecule has 4 aromatic rings. The molecule has 0 fully saturated rings. The van der Waals surface area contributed by atoms with Crippen LogP contribution in [0.1, 0.15) is 41.8 Å². The maximum Gasteiger partial charge on any atom is 0.254 e. The molecule has 7 nitrogen and oxygen atoms in total. The number of hydrogen-bond acceptors (Lipinski definition) is 4. The fraction of sp³-hybridized carbons (Fsp3) is 0.333. The molecule has 1 unspecified atom stereocenters. The monoisotopic (exact) mass is 540 g/mol. The van der Waals surface area contributed by atoms with Crippen LogP contribution in [0.4, 0.5) is 5.69 Å². The summed E-state index contributed by atoms with van der Waals surface area (Å²) in [7, 11) is 5.62. The molecule has 1 heterocycles. The molecule has 210 valence electrons. The average molecular weight is 541 g/mol. The third kappa shape index (κ3) is 6.84. The van der Waals surface area contributed by atoms with E-state index in [0.717, 1.165) is 23.2 Å². The van der Waals surface area contributed by atoms with E-state index in [9.17, 15) is 9.59 Å². The van der Waals surface area contributed by atoms with Crippen LogP contribution in [0.5, 0.6) is 5.75 Å². The Balaban J connectivity index is 1.56. The van der Waals surface area contributed by atoms with E-state index in [-0.39, 0.29) is 24.4 Å². The molecular formula is C33H40N4O3. The van der Waals surface area contributed by atoms with E-state index in [1.54, 1.807) is 36.3 Å². The Kier molecular flexibility index (Phi) is 9.48. The van der Waals surface area contributed by atoms with Crippen LogP contribution in [0.3, 0.4) is 0 Å². The number of ether oxygens (including phenoxy) is 1. The molecule has 4 rings (SSSR count). The number of rotatable bonds is 12. The van der Waals surface area contributed by atoms with Crippen molar-refractivity contribution in [3.05, 3.63) is 95.7 Å². The van der Waals surface area contributed by atoms with Gasteiger partial charge in [0.1, 0.15) is 12.3 Å². The normalized spacial score (nSPS) is 11.7. The lowest BCUT2D eigenvalue weighted by atomic mass is 10.1. The molecule has 0 saturated carbocycles. The third-order valence-corrected chi connectivity index (χ3v) is 7.53. The zero-order valence-corrected chi connectivity index (χ0v) is 24.2. The number of hydrogen-bond donors (Lipinski definition) is 1. The Morgan fingerprint density at radius 1 is 0.950 bits per heavy atom. The van der Waals surface area contributed by atoms with Gasteiger partial charge in [-0.15, -0.1) is 0 Å². The Hall–Kier alpha value is -4.26. The first-order valence-electron chi connectivity index (χ1n) is 13.8. The van der Waals surface area contributed by atoms with Crippen molar-refractivity contribution in [2.45, 2.75) is 39.3 Å². The van der Waals surface area contributed by atoms with Gasteiger partial charge < -0.3 is 24.4 Å². The van der Waals surface area contributed by atoms with Crippen molar-refractivity contribution in [2.24, 2.45) is 0 Å². The highest BCUT2D eigenvalue weighted by molar-refractivity contribution is 5.97. The molecule has 1 aromatic heterocycles. The van der Waals surface area contributed by atoms with Crippen LogP contribution in [-0.4, -0.2) is 66.9 Å². The second-order valence-corrected chi connectivity index (χ2v) is 10.4. The summed E-state index contributed by atoms with van der Waals surface area (Å²) >= 11 is 0. The van der Waals surface area contributed by atoms with Crippen molar-refractivity contribution in [1.29, 1.82) is 0 Å². The van der Waals surface area contributed by atoms with Crippen molar-refractivity contribution >= 4 is 28.4 Å². The molecular weight excluding hydrogens is 500 g/mol. The molecule has 0 aliphatic rings. The summed E-state index contributed by atoms with van der Waals surface area (Å²) in [5.41, 5.74) is 4.95. The SMILES string of the molecule is CCC(C)N(CC(=O)N(CCc1c[nH]c2ccccc12)Cc1ccc(N(C)C)cc1)C(=O)c1ccc(OC)cc1. The number of carbonyl (C=O) groups is 2. The van der Waals surface area contributed by atoms with Crippen LogP contribution in [0.25, 0.3) is 10.9 Å². The fourth-order valence-corrected chi connectivity index (χ4v) is 4.80. The molecule has 2 amide bonds. The zero-order valence-electron chi connectivity index (χ0n) is 24.2. The van der Waals surface area contributed by atoms with Crippen LogP contribution in [0.15, 0.2) is 79.0 Å². The molecule has 0 saturated heterocycles. The Morgan fingerprint density at radius 3 is 2.30 bits per heavy atom. The number of aromatic amines is 1. The van der Waals surface area contributed by atoms with Gasteiger partial charge in [0.2, 0.25) is 5.91 Å². The van der Waals surface area contributed by atoms with E-state index in [4.69, 9.17) is 4.74 Å². The molecule has 40 heavy (non-hydrogen) atoms. The first-order chi connectivity index (χ1) is 19.3. The number of para-hydroxylation sites is 1. The predicted molar refractivity (Wildman–Crippen MR) is 162 cm³/mol. The van der Waals surface area contributed by atoms with Gasteiger partial charge >= 0.3 is 0 Å². The van der Waals surface area contributed by atoms with E-state index in [2.05, 4.69) is 46.3 Å². The highest BCUT2D eigenvalue weighted by atomic mass is 16.5. The molecule has 0 spiro atoms. The minimum Gasteiger partial charge on any atom is -0.497 e. The summed E-state index contributed by atoms with van der Waals surface area (Å²) in [6, 6.07) is 23.4. The van der Waals surface area contributed by atoms with Crippen molar-refractivity contribution < 1.29 is 14.3 Å². The highest BCUT2D eigenvalue weighted by Crippen LogP contribution is 2.21. The quantitative estimate of drug-likeness (QED) is 0.248. The summed E-state index contributed by atoms with van der Waals surface area (Å²) in [6.45, 7) is 5.06. The van der Waals surface area contributed by atoms with Crippen LogP contribution < -0.4 is 9.64 Å². The average Bonchev–Trinajstić information content (AvgIpc) is 3.40. The molecule has 1 N–H and O–H groups in total. The van der Waals surface area contributed by atoms with Crippen molar-refractivity contribution in [2.75, 3.05) is 39.2 Å². The fourth-order valence-electron chi connectivity index (χ4n) is 4.80. The number of H-pyrrole nitrogens is 1. The largest absolute Gasteiger partial charge is 0.497 e. The number of methoxy groups -OCH3 is 1. The third-order valence-electron chi connectivity index (χ3n) is 7.53. The van der Waals surface area contributed by atoms with Crippen LogP contribution in [0.2, 0.25) is 0 Å². The maximum absolute atomic E-state index is 13.9. The zero-order chi connectivity index (χ0) is 28.6. The van der Waals surface area contributed by atoms with Gasteiger partial charge in [0.05, 0.1) is 7.11 Å². The van der Waals surface area contributed by atoms with Crippen LogP contribution in [0, 0.1) is 0 Å². The summed E-state index contributed by atoms with van der Waals surface area (Å²) in [6.07, 6.45) is 3.48. The Morgan fingerprint density at radius 2 is 1.65 bits per heavy atom. The Labute approximate surface area is 237 Å². The van der Waals surface area contributed by atoms with Crippen molar-refractivity contribution in [1.82, 2.24) is 14.8 Å². The van der Waals surface area contributed by atoms with E-state index >= 15 is 0 Å². The lowest BCUT2D eigenvalue weighted by Gasteiger charge is -2.31. The number of amides is 2. The minimum atomic E-state index is -0.155. The predicted octanol–water partition coefficient (Wildman–Crippen LogP) is 5.75. The standard InChI is InChI=1S/C33H40N4O3/c1-6-24(2)37(33(39)26-13-17-29(40-5)18-14-26)23-32(38)36(22-25-11-15-28(16-12-25)35(3)4)20-19-27-21-34-31-10-8-7-9-30(27)31/h7-18,21,24,34H,6,19-20,22-23H2,1-5H3. The van der Waals surface area contributed by atoms with Gasteiger partial charge in [-0.3, -0.25) is 9.59 Å². The maximum atomic E-state index is 13.9. The number of anilines is 1. The molecule has 3 aromatic carbocycles. The van der Waals surface area contributed by atoms with Gasteiger partial charge in [0.15, 0.2) is 0 Å². The summed E-state index contributed by atoms with van der Waals surface area (Å²) in [5, 5.41) is 1.17. The molecule has 0 bridgehead atoms. The number of nitrogens with one attached hydrogen (secondary N) is 1. The van der Waals surface area contributed by atoms with E-state index in [1.165, 1.54) is 10.9 Å². The number of fused-ring (bicyclic) bond motifs is 1. The van der Waals surface area contributed by atoms with E-state index < -0.39 is 0 Å². The molecule has 0 radical (unpaired) electrons. The summed E-state index contributed by atoms with van der Waals surface area (Å²) < 4.78 is 5.24. The summed E-state index contributed by atoms with van der Waals surface area (Å²) in [5.74, 6) is 0.461. The topological polar surface area (TPSA) is 68.9 Å². The van der Waals surface area contributed by atoms with Gasteiger partial charge in [-0.1, -0.05) is 37.3 Å².